The second kappa shape index (κ2) is 6.91. The summed E-state index contributed by atoms with van der Waals surface area (Å²) in [4.78, 5) is 0.483. The van der Waals surface area contributed by atoms with E-state index in [9.17, 15) is 0 Å². The Morgan fingerprint density at radius 2 is 1.79 bits per heavy atom. The predicted molar refractivity (Wildman–Crippen MR) is 70.6 cm³/mol. The molecule has 3 heteroatoms. The maximum absolute atomic E-state index is 5.99. The molecule has 0 amide bonds. The van der Waals surface area contributed by atoms with Crippen LogP contribution in [0.25, 0.3) is 0 Å². The van der Waals surface area contributed by atoms with Crippen molar-refractivity contribution >= 4 is 20.9 Å². The van der Waals surface area contributed by atoms with E-state index in [1.807, 2.05) is 0 Å². The van der Waals surface area contributed by atoms with Gasteiger partial charge in [0.1, 0.15) is 0 Å². The van der Waals surface area contributed by atoms with Crippen LogP contribution in [0.3, 0.4) is 0 Å². The van der Waals surface area contributed by atoms with Crippen molar-refractivity contribution in [2.24, 2.45) is 0 Å². The zero-order chi connectivity index (χ0) is 11.2. The third-order valence-corrected chi connectivity index (χ3v) is 7.52. The van der Waals surface area contributed by atoms with E-state index in [0.717, 1.165) is 0 Å². The molecule has 0 aliphatic carbocycles. The maximum atomic E-state index is 5.99. The van der Waals surface area contributed by atoms with E-state index in [1.54, 1.807) is 0 Å². The third kappa shape index (κ3) is 6.09. The molecule has 0 aliphatic heterocycles. The first-order valence-corrected chi connectivity index (χ1v) is 9.26. The Kier molecular flexibility index (Phi) is 7.17. The summed E-state index contributed by atoms with van der Waals surface area (Å²) in [5.74, 6) is 0. The Morgan fingerprint density at radius 1 is 1.21 bits per heavy atom. The molecule has 0 fully saturated rings. The smallest absolute Gasteiger partial charge is 0.199 e. The van der Waals surface area contributed by atoms with Crippen molar-refractivity contribution in [3.63, 3.8) is 0 Å². The fourth-order valence-corrected chi connectivity index (χ4v) is 4.26. The summed E-state index contributed by atoms with van der Waals surface area (Å²) in [6.07, 6.45) is 5.46. The minimum absolute atomic E-state index is 0.345. The Hall–Kier alpha value is 0.527. The van der Waals surface area contributed by atoms with Crippen LogP contribution in [0.1, 0.15) is 46.5 Å². The van der Waals surface area contributed by atoms with Gasteiger partial charge in [-0.05, 0) is 33.4 Å². The van der Waals surface area contributed by atoms with Crippen molar-refractivity contribution in [3.05, 3.63) is 0 Å². The lowest BCUT2D eigenvalue weighted by molar-refractivity contribution is 0.229. The van der Waals surface area contributed by atoms with Crippen molar-refractivity contribution < 1.29 is 4.43 Å². The van der Waals surface area contributed by atoms with E-state index < -0.39 is 8.32 Å². The summed E-state index contributed by atoms with van der Waals surface area (Å²) >= 11 is 4.69. The van der Waals surface area contributed by atoms with Gasteiger partial charge < -0.3 is 4.43 Å². The second-order valence-electron chi connectivity index (χ2n) is 4.78. The molecule has 14 heavy (non-hydrogen) atoms. The molecule has 0 heterocycles. The third-order valence-electron chi connectivity index (χ3n) is 2.42. The summed E-state index contributed by atoms with van der Waals surface area (Å²) in [6, 6.07) is 0. The minimum Gasteiger partial charge on any atom is -0.414 e. The van der Waals surface area contributed by atoms with Crippen molar-refractivity contribution in [3.8, 4) is 0 Å². The van der Waals surface area contributed by atoms with Crippen LogP contribution < -0.4 is 0 Å². The molecule has 86 valence electrons. The predicted octanol–water partition coefficient (Wildman–Crippen LogP) is 4.03. The van der Waals surface area contributed by atoms with Crippen LogP contribution in [0.5, 0.6) is 0 Å². The molecule has 1 nitrogen and oxygen atoms in total. The first-order valence-electron chi connectivity index (χ1n) is 5.76. The molecule has 0 aromatic carbocycles. The van der Waals surface area contributed by atoms with Gasteiger partial charge in [0.15, 0.2) is 8.32 Å². The standard InChI is InChI=1S/C11H26OSSi/c1-6-7-8-9-11(13)14(4,5)12-10(2)3/h10-11,13H,6-9H2,1-5H3. The second-order valence-corrected chi connectivity index (χ2v) is 10.0. The van der Waals surface area contributed by atoms with Gasteiger partial charge in [0, 0.05) is 11.0 Å². The molecule has 0 bridgehead atoms. The van der Waals surface area contributed by atoms with Crippen LogP contribution in [0.15, 0.2) is 0 Å². The lowest BCUT2D eigenvalue weighted by Crippen LogP contribution is -2.43. The van der Waals surface area contributed by atoms with Gasteiger partial charge >= 0.3 is 0 Å². The number of hydrogen-bond acceptors (Lipinski definition) is 2. The van der Waals surface area contributed by atoms with Crippen LogP contribution in [0.4, 0.5) is 0 Å². The van der Waals surface area contributed by atoms with Gasteiger partial charge in [-0.2, -0.15) is 12.6 Å². The Labute approximate surface area is 96.2 Å². The maximum Gasteiger partial charge on any atom is 0.199 e. The molecule has 0 aromatic heterocycles. The molecule has 0 radical (unpaired) electrons. The van der Waals surface area contributed by atoms with Gasteiger partial charge in [0.2, 0.25) is 0 Å². The van der Waals surface area contributed by atoms with Gasteiger partial charge in [-0.15, -0.1) is 0 Å². The fraction of sp³-hybridized carbons (Fsp3) is 1.00. The molecule has 0 N–H and O–H groups in total. The summed E-state index contributed by atoms with van der Waals surface area (Å²) in [6.45, 7) is 11.0. The SMILES string of the molecule is CCCCCC(S)[Si](C)(C)OC(C)C. The van der Waals surface area contributed by atoms with Gasteiger partial charge in [0.25, 0.3) is 0 Å². The summed E-state index contributed by atoms with van der Waals surface area (Å²) in [7, 11) is -1.56. The molecular weight excluding hydrogens is 208 g/mol. The Morgan fingerprint density at radius 3 is 2.21 bits per heavy atom. The van der Waals surface area contributed by atoms with Crippen LogP contribution in [-0.4, -0.2) is 19.3 Å². The van der Waals surface area contributed by atoms with E-state index in [-0.39, 0.29) is 0 Å². The quantitative estimate of drug-likeness (QED) is 0.397. The minimum atomic E-state index is -1.56. The number of thiol groups is 1. The number of unbranched alkanes of at least 4 members (excludes halogenated alkanes) is 2. The van der Waals surface area contributed by atoms with E-state index in [4.69, 9.17) is 17.1 Å². The van der Waals surface area contributed by atoms with E-state index in [1.165, 1.54) is 25.7 Å². The largest absolute Gasteiger partial charge is 0.414 e. The molecule has 0 rings (SSSR count). The molecule has 1 unspecified atom stereocenters. The molecule has 0 saturated carbocycles. The molecular formula is C11H26OSSi. The number of rotatable bonds is 7. The first kappa shape index (κ1) is 14.5. The van der Waals surface area contributed by atoms with Crippen molar-refractivity contribution in [1.29, 1.82) is 0 Å². The Bertz CT molecular complexity index is 148. The Balaban J connectivity index is 3.87. The zero-order valence-corrected chi connectivity index (χ0v) is 12.2. The van der Waals surface area contributed by atoms with Gasteiger partial charge in [0.05, 0.1) is 0 Å². The van der Waals surface area contributed by atoms with Gasteiger partial charge in [-0.25, -0.2) is 0 Å². The van der Waals surface area contributed by atoms with Crippen molar-refractivity contribution in [2.45, 2.75) is 70.5 Å². The molecule has 0 aromatic rings. The van der Waals surface area contributed by atoms with Crippen LogP contribution >= 0.6 is 12.6 Å². The summed E-state index contributed by atoms with van der Waals surface area (Å²) in [5.41, 5.74) is 0. The van der Waals surface area contributed by atoms with Crippen molar-refractivity contribution in [2.75, 3.05) is 0 Å². The first-order chi connectivity index (χ1) is 6.40. The fourth-order valence-electron chi connectivity index (χ4n) is 1.62. The monoisotopic (exact) mass is 234 g/mol. The summed E-state index contributed by atoms with van der Waals surface area (Å²) < 4.78 is 5.99. The highest BCUT2D eigenvalue weighted by Crippen LogP contribution is 2.22. The highest BCUT2D eigenvalue weighted by molar-refractivity contribution is 7.83. The molecule has 0 saturated heterocycles. The zero-order valence-electron chi connectivity index (χ0n) is 10.3. The van der Waals surface area contributed by atoms with E-state index in [2.05, 4.69) is 33.9 Å². The van der Waals surface area contributed by atoms with Crippen molar-refractivity contribution in [1.82, 2.24) is 0 Å². The lowest BCUT2D eigenvalue weighted by atomic mass is 10.2. The normalized spacial score (nSPS) is 14.8. The van der Waals surface area contributed by atoms with Crippen LogP contribution in [0.2, 0.25) is 13.1 Å². The molecule has 0 spiro atoms. The van der Waals surface area contributed by atoms with Crippen LogP contribution in [0, 0.1) is 0 Å². The lowest BCUT2D eigenvalue weighted by Gasteiger charge is -2.31. The topological polar surface area (TPSA) is 9.23 Å². The van der Waals surface area contributed by atoms with E-state index in [0.29, 0.717) is 11.0 Å². The van der Waals surface area contributed by atoms with Crippen LogP contribution in [-0.2, 0) is 4.43 Å². The molecule has 1 atom stereocenters. The number of hydrogen-bond donors (Lipinski definition) is 1. The van der Waals surface area contributed by atoms with Gasteiger partial charge in [-0.1, -0.05) is 26.2 Å². The molecule has 0 aliphatic rings. The highest BCUT2D eigenvalue weighted by atomic mass is 32.1. The average molecular weight is 234 g/mol. The summed E-state index contributed by atoms with van der Waals surface area (Å²) in [5, 5.41) is 0. The van der Waals surface area contributed by atoms with Gasteiger partial charge in [-0.3, -0.25) is 0 Å². The average Bonchev–Trinajstić information content (AvgIpc) is 2.02. The highest BCUT2D eigenvalue weighted by Gasteiger charge is 2.31. The van der Waals surface area contributed by atoms with E-state index >= 15 is 0 Å².